The van der Waals surface area contributed by atoms with Crippen LogP contribution < -0.4 is 4.90 Å². The molecule has 1 aliphatic carbocycles. The predicted octanol–water partition coefficient (Wildman–Crippen LogP) is 4.39. The van der Waals surface area contributed by atoms with Crippen LogP contribution in [0.2, 0.25) is 0 Å². The van der Waals surface area contributed by atoms with Crippen LogP contribution in [0.3, 0.4) is 0 Å². The highest BCUT2D eigenvalue weighted by Crippen LogP contribution is 2.31. The molecule has 5 rings (SSSR count). The lowest BCUT2D eigenvalue weighted by atomic mass is 9.85. The van der Waals surface area contributed by atoms with Crippen LogP contribution in [0.4, 0.5) is 10.2 Å². The largest absolute Gasteiger partial charge is 0.481 e. The number of carboxylic acids is 1. The first-order valence-corrected chi connectivity index (χ1v) is 11.3. The highest BCUT2D eigenvalue weighted by atomic mass is 19.1. The summed E-state index contributed by atoms with van der Waals surface area (Å²) in [6, 6.07) is 8.48. The minimum atomic E-state index is -0.700. The SMILES string of the molecule is O=C(O)CC1CCC(O[C@H]2CCN(c3ccc(-c4nc5ccc(F)cc5[nH]4)cn3)C2)CC1. The van der Waals surface area contributed by atoms with E-state index in [0.29, 0.717) is 17.3 Å². The van der Waals surface area contributed by atoms with Crippen LogP contribution in [0, 0.1) is 11.7 Å². The second-order valence-electron chi connectivity index (χ2n) is 8.89. The minimum absolute atomic E-state index is 0.183. The molecule has 2 N–H and O–H groups in total. The van der Waals surface area contributed by atoms with Gasteiger partial charge in [0.05, 0.1) is 23.2 Å². The highest BCUT2D eigenvalue weighted by molar-refractivity contribution is 5.79. The summed E-state index contributed by atoms with van der Waals surface area (Å²) in [5.74, 6) is 0.882. The van der Waals surface area contributed by atoms with Crippen LogP contribution in [0.15, 0.2) is 36.5 Å². The summed E-state index contributed by atoms with van der Waals surface area (Å²) in [4.78, 5) is 25.4. The van der Waals surface area contributed by atoms with Crippen LogP contribution in [0.5, 0.6) is 0 Å². The summed E-state index contributed by atoms with van der Waals surface area (Å²) < 4.78 is 19.8. The van der Waals surface area contributed by atoms with Crippen LogP contribution in [-0.2, 0) is 9.53 Å². The summed E-state index contributed by atoms with van der Waals surface area (Å²) in [6.07, 6.45) is 7.22. The summed E-state index contributed by atoms with van der Waals surface area (Å²) in [5, 5.41) is 8.96. The zero-order valence-electron chi connectivity index (χ0n) is 17.8. The Labute approximate surface area is 185 Å². The van der Waals surface area contributed by atoms with Crippen molar-refractivity contribution in [3.8, 4) is 11.4 Å². The monoisotopic (exact) mass is 438 g/mol. The van der Waals surface area contributed by atoms with Crippen molar-refractivity contribution >= 4 is 22.8 Å². The number of nitrogens with zero attached hydrogens (tertiary/aromatic N) is 3. The zero-order valence-corrected chi connectivity index (χ0v) is 17.8. The number of fused-ring (bicyclic) bond motifs is 1. The molecule has 0 bridgehead atoms. The Morgan fingerprint density at radius 2 is 2.00 bits per heavy atom. The van der Waals surface area contributed by atoms with E-state index in [-0.39, 0.29) is 24.4 Å². The number of hydrogen-bond donors (Lipinski definition) is 2. The fourth-order valence-corrected chi connectivity index (χ4v) is 4.87. The van der Waals surface area contributed by atoms with Crippen molar-refractivity contribution < 1.29 is 19.0 Å². The van der Waals surface area contributed by atoms with Gasteiger partial charge in [-0.05, 0) is 68.4 Å². The van der Waals surface area contributed by atoms with Gasteiger partial charge >= 0.3 is 5.97 Å². The third-order valence-electron chi connectivity index (χ3n) is 6.58. The number of ether oxygens (including phenoxy) is 1. The first-order chi connectivity index (χ1) is 15.5. The van der Waals surface area contributed by atoms with E-state index in [2.05, 4.69) is 19.9 Å². The van der Waals surface area contributed by atoms with Gasteiger partial charge in [-0.2, -0.15) is 0 Å². The Balaban J connectivity index is 1.16. The molecule has 32 heavy (non-hydrogen) atoms. The lowest BCUT2D eigenvalue weighted by molar-refractivity contribution is -0.138. The molecular formula is C24H27FN4O3. The quantitative estimate of drug-likeness (QED) is 0.593. The Morgan fingerprint density at radius 3 is 2.75 bits per heavy atom. The van der Waals surface area contributed by atoms with Crippen molar-refractivity contribution in [2.75, 3.05) is 18.0 Å². The lowest BCUT2D eigenvalue weighted by Crippen LogP contribution is -2.30. The van der Waals surface area contributed by atoms with Gasteiger partial charge in [-0.25, -0.2) is 14.4 Å². The second-order valence-corrected chi connectivity index (χ2v) is 8.89. The molecular weight excluding hydrogens is 411 g/mol. The van der Waals surface area contributed by atoms with E-state index in [4.69, 9.17) is 9.84 Å². The predicted molar refractivity (Wildman–Crippen MR) is 119 cm³/mol. The molecule has 0 unspecified atom stereocenters. The van der Waals surface area contributed by atoms with Gasteiger partial charge < -0.3 is 19.7 Å². The van der Waals surface area contributed by atoms with Crippen molar-refractivity contribution in [2.24, 2.45) is 5.92 Å². The molecule has 2 aromatic heterocycles. The fraction of sp³-hybridized carbons (Fsp3) is 0.458. The highest BCUT2D eigenvalue weighted by Gasteiger charge is 2.29. The number of pyridine rings is 1. The molecule has 1 saturated heterocycles. The fourth-order valence-electron chi connectivity index (χ4n) is 4.87. The van der Waals surface area contributed by atoms with Gasteiger partial charge in [0, 0.05) is 31.3 Å². The molecule has 1 atom stereocenters. The topological polar surface area (TPSA) is 91.3 Å². The van der Waals surface area contributed by atoms with Crippen LogP contribution in [-0.4, -0.2) is 51.3 Å². The van der Waals surface area contributed by atoms with E-state index in [1.807, 2.05) is 12.1 Å². The van der Waals surface area contributed by atoms with E-state index in [0.717, 1.165) is 62.1 Å². The summed E-state index contributed by atoms with van der Waals surface area (Å²) in [7, 11) is 0. The second kappa shape index (κ2) is 8.86. The van der Waals surface area contributed by atoms with Gasteiger partial charge in [0.25, 0.3) is 0 Å². The maximum absolute atomic E-state index is 13.4. The number of H-pyrrole nitrogens is 1. The molecule has 2 fully saturated rings. The normalized spacial score (nSPS) is 23.7. The first kappa shape index (κ1) is 20.9. The van der Waals surface area contributed by atoms with Gasteiger partial charge in [0.2, 0.25) is 0 Å². The number of aromatic nitrogens is 3. The number of carboxylic acid groups (broad SMARTS) is 1. The molecule has 8 heteroatoms. The molecule has 2 aliphatic rings. The molecule has 168 valence electrons. The van der Waals surface area contributed by atoms with E-state index in [9.17, 15) is 9.18 Å². The molecule has 3 heterocycles. The standard InChI is InChI=1S/C24H27FN4O3/c25-17-4-7-20-21(12-17)28-24(27-20)16-3-8-22(26-13-16)29-10-9-19(14-29)32-18-5-1-15(2-6-18)11-23(30)31/h3-4,7-8,12-13,15,18-19H,1-2,5-6,9-11,14H2,(H,27,28)(H,30,31)/t15?,18?,19-/m0/s1. The van der Waals surface area contributed by atoms with Crippen molar-refractivity contribution in [1.29, 1.82) is 0 Å². The number of benzene rings is 1. The molecule has 1 saturated carbocycles. The smallest absolute Gasteiger partial charge is 0.303 e. The van der Waals surface area contributed by atoms with Gasteiger partial charge in [-0.1, -0.05) is 0 Å². The number of imidazole rings is 1. The average Bonchev–Trinajstić information content (AvgIpc) is 3.42. The van der Waals surface area contributed by atoms with Crippen molar-refractivity contribution in [3.05, 3.63) is 42.3 Å². The average molecular weight is 439 g/mol. The Kier molecular flexibility index (Phi) is 5.78. The van der Waals surface area contributed by atoms with E-state index in [1.54, 1.807) is 12.3 Å². The van der Waals surface area contributed by atoms with E-state index in [1.165, 1.54) is 12.1 Å². The number of nitrogens with one attached hydrogen (secondary N) is 1. The van der Waals surface area contributed by atoms with Crippen molar-refractivity contribution in [2.45, 2.75) is 50.7 Å². The number of hydrogen-bond acceptors (Lipinski definition) is 5. The number of halogens is 1. The Morgan fingerprint density at radius 1 is 1.16 bits per heavy atom. The zero-order chi connectivity index (χ0) is 22.1. The molecule has 3 aromatic rings. The molecule has 0 amide bonds. The van der Waals surface area contributed by atoms with Crippen LogP contribution >= 0.6 is 0 Å². The first-order valence-electron chi connectivity index (χ1n) is 11.3. The number of aliphatic carboxylic acids is 1. The number of anilines is 1. The van der Waals surface area contributed by atoms with Crippen molar-refractivity contribution in [1.82, 2.24) is 15.0 Å². The Bertz CT molecular complexity index is 1090. The molecule has 7 nitrogen and oxygen atoms in total. The number of carbonyl (C=O) groups is 1. The van der Waals surface area contributed by atoms with E-state index < -0.39 is 5.97 Å². The molecule has 1 aromatic carbocycles. The summed E-state index contributed by atoms with van der Waals surface area (Å²) >= 11 is 0. The summed E-state index contributed by atoms with van der Waals surface area (Å²) in [5.41, 5.74) is 2.25. The van der Waals surface area contributed by atoms with Gasteiger partial charge in [0.15, 0.2) is 0 Å². The van der Waals surface area contributed by atoms with Gasteiger partial charge in [-0.3, -0.25) is 4.79 Å². The van der Waals surface area contributed by atoms with E-state index >= 15 is 0 Å². The van der Waals surface area contributed by atoms with Crippen molar-refractivity contribution in [3.63, 3.8) is 0 Å². The summed E-state index contributed by atoms with van der Waals surface area (Å²) in [6.45, 7) is 1.71. The van der Waals surface area contributed by atoms with Gasteiger partial charge in [0.1, 0.15) is 17.5 Å². The minimum Gasteiger partial charge on any atom is -0.481 e. The molecule has 0 spiro atoms. The number of rotatable bonds is 6. The van der Waals surface area contributed by atoms with Crippen LogP contribution in [0.1, 0.15) is 38.5 Å². The number of aromatic amines is 1. The third-order valence-corrected chi connectivity index (χ3v) is 6.58. The maximum Gasteiger partial charge on any atom is 0.303 e. The Hall–Kier alpha value is -3.00. The van der Waals surface area contributed by atoms with Gasteiger partial charge in [-0.15, -0.1) is 0 Å². The maximum atomic E-state index is 13.4. The van der Waals surface area contributed by atoms with Crippen LogP contribution in [0.25, 0.3) is 22.4 Å². The molecule has 1 aliphatic heterocycles. The third kappa shape index (κ3) is 4.60. The lowest BCUT2D eigenvalue weighted by Gasteiger charge is -2.29. The molecule has 0 radical (unpaired) electrons.